The molecular formula is C12H16N2O2S. The van der Waals surface area contributed by atoms with Gasteiger partial charge in [0.25, 0.3) is 0 Å². The summed E-state index contributed by atoms with van der Waals surface area (Å²) in [5.74, 6) is 0. The van der Waals surface area contributed by atoms with Crippen LogP contribution >= 0.6 is 0 Å². The Balaban J connectivity index is 1.88. The smallest absolute Gasteiger partial charge is 0.243 e. The van der Waals surface area contributed by atoms with Crippen molar-refractivity contribution < 1.29 is 8.42 Å². The van der Waals surface area contributed by atoms with E-state index in [2.05, 4.69) is 5.32 Å². The van der Waals surface area contributed by atoms with Crippen molar-refractivity contribution in [3.63, 3.8) is 0 Å². The van der Waals surface area contributed by atoms with Crippen molar-refractivity contribution in [3.05, 3.63) is 30.3 Å². The third-order valence-electron chi connectivity index (χ3n) is 3.57. The molecule has 1 saturated heterocycles. The van der Waals surface area contributed by atoms with Gasteiger partial charge in [-0.15, -0.1) is 0 Å². The molecule has 0 bridgehead atoms. The maximum absolute atomic E-state index is 12.4. The van der Waals surface area contributed by atoms with Crippen LogP contribution in [0.15, 0.2) is 35.2 Å². The van der Waals surface area contributed by atoms with Gasteiger partial charge in [-0.25, -0.2) is 8.42 Å². The Hall–Kier alpha value is -0.910. The van der Waals surface area contributed by atoms with E-state index in [9.17, 15) is 8.42 Å². The Labute approximate surface area is 102 Å². The summed E-state index contributed by atoms with van der Waals surface area (Å²) in [4.78, 5) is 0.401. The van der Waals surface area contributed by atoms with Gasteiger partial charge >= 0.3 is 0 Å². The zero-order valence-electron chi connectivity index (χ0n) is 9.59. The molecule has 92 valence electrons. The van der Waals surface area contributed by atoms with Crippen LogP contribution in [0.4, 0.5) is 0 Å². The molecule has 1 aromatic rings. The molecule has 1 aliphatic heterocycles. The minimum Gasteiger partial charge on any atom is -0.309 e. The largest absolute Gasteiger partial charge is 0.309 e. The van der Waals surface area contributed by atoms with Crippen LogP contribution in [0.5, 0.6) is 0 Å². The maximum atomic E-state index is 12.4. The van der Waals surface area contributed by atoms with Crippen molar-refractivity contribution in [1.82, 2.24) is 9.62 Å². The lowest BCUT2D eigenvalue weighted by Gasteiger charge is -2.33. The topological polar surface area (TPSA) is 49.4 Å². The van der Waals surface area contributed by atoms with Gasteiger partial charge in [-0.05, 0) is 25.0 Å². The number of sulfonamides is 1. The molecule has 0 unspecified atom stereocenters. The molecule has 1 aromatic carbocycles. The highest BCUT2D eigenvalue weighted by Gasteiger charge is 2.48. The van der Waals surface area contributed by atoms with Crippen molar-refractivity contribution in [2.24, 2.45) is 0 Å². The van der Waals surface area contributed by atoms with Gasteiger partial charge < -0.3 is 5.32 Å². The predicted molar refractivity (Wildman–Crippen MR) is 65.2 cm³/mol. The molecule has 0 radical (unpaired) electrons. The summed E-state index contributed by atoms with van der Waals surface area (Å²) in [5, 5.41) is 3.42. The van der Waals surface area contributed by atoms with Gasteiger partial charge in [-0.3, -0.25) is 0 Å². The summed E-state index contributed by atoms with van der Waals surface area (Å²) in [7, 11) is -3.30. The standard InChI is InChI=1S/C12H16N2O2S/c15-17(16,11-4-2-1-3-5-11)14-9-8-13-12(10-14)6-7-12/h1-5,13H,6-10H2. The number of piperazine rings is 1. The van der Waals surface area contributed by atoms with E-state index in [0.29, 0.717) is 18.0 Å². The normalized spacial score (nSPS) is 23.8. The Morgan fingerprint density at radius 3 is 2.53 bits per heavy atom. The van der Waals surface area contributed by atoms with Crippen LogP contribution in [0, 0.1) is 0 Å². The van der Waals surface area contributed by atoms with E-state index in [1.807, 2.05) is 6.07 Å². The fourth-order valence-electron chi connectivity index (χ4n) is 2.35. The molecule has 1 spiro atoms. The number of hydrogen-bond acceptors (Lipinski definition) is 3. The molecule has 1 saturated carbocycles. The number of rotatable bonds is 2. The Bertz CT molecular complexity index is 509. The molecule has 2 aliphatic rings. The first-order chi connectivity index (χ1) is 8.12. The lowest BCUT2D eigenvalue weighted by atomic mass is 10.2. The van der Waals surface area contributed by atoms with Gasteiger partial charge in [0, 0.05) is 25.2 Å². The monoisotopic (exact) mass is 252 g/mol. The van der Waals surface area contributed by atoms with E-state index in [0.717, 1.165) is 19.4 Å². The van der Waals surface area contributed by atoms with E-state index in [-0.39, 0.29) is 5.54 Å². The average Bonchev–Trinajstić information content (AvgIpc) is 3.09. The number of benzene rings is 1. The van der Waals surface area contributed by atoms with Crippen LogP contribution in [0.2, 0.25) is 0 Å². The number of nitrogens with one attached hydrogen (secondary N) is 1. The van der Waals surface area contributed by atoms with E-state index in [1.54, 1.807) is 28.6 Å². The summed E-state index contributed by atoms with van der Waals surface area (Å²) in [6, 6.07) is 8.69. The fourth-order valence-corrected chi connectivity index (χ4v) is 3.90. The van der Waals surface area contributed by atoms with Crippen LogP contribution in [0.25, 0.3) is 0 Å². The van der Waals surface area contributed by atoms with E-state index in [4.69, 9.17) is 0 Å². The average molecular weight is 252 g/mol. The summed E-state index contributed by atoms with van der Waals surface area (Å²) in [5.41, 5.74) is 0.0834. The third kappa shape index (κ3) is 1.99. The maximum Gasteiger partial charge on any atom is 0.243 e. The van der Waals surface area contributed by atoms with Gasteiger partial charge in [0.05, 0.1) is 4.90 Å². The highest BCUT2D eigenvalue weighted by atomic mass is 32.2. The fraction of sp³-hybridized carbons (Fsp3) is 0.500. The van der Waals surface area contributed by atoms with Crippen LogP contribution in [0.1, 0.15) is 12.8 Å². The molecule has 2 fully saturated rings. The molecular weight excluding hydrogens is 236 g/mol. The van der Waals surface area contributed by atoms with Crippen LogP contribution in [-0.4, -0.2) is 37.9 Å². The molecule has 1 N–H and O–H groups in total. The second-order valence-electron chi connectivity index (χ2n) is 4.86. The molecule has 17 heavy (non-hydrogen) atoms. The Morgan fingerprint density at radius 2 is 1.88 bits per heavy atom. The van der Waals surface area contributed by atoms with Gasteiger partial charge in [0.2, 0.25) is 10.0 Å². The molecule has 0 atom stereocenters. The molecule has 0 amide bonds. The minimum absolute atomic E-state index is 0.0834. The molecule has 3 rings (SSSR count). The van der Waals surface area contributed by atoms with Crippen molar-refractivity contribution in [2.45, 2.75) is 23.3 Å². The summed E-state index contributed by atoms with van der Waals surface area (Å²) < 4.78 is 26.4. The highest BCUT2D eigenvalue weighted by molar-refractivity contribution is 7.89. The third-order valence-corrected chi connectivity index (χ3v) is 5.43. The Kier molecular flexibility index (Phi) is 2.50. The van der Waals surface area contributed by atoms with E-state index in [1.165, 1.54) is 0 Å². The number of nitrogens with zero attached hydrogens (tertiary/aromatic N) is 1. The van der Waals surface area contributed by atoms with Gasteiger partial charge in [0.15, 0.2) is 0 Å². The van der Waals surface area contributed by atoms with Crippen LogP contribution in [0.3, 0.4) is 0 Å². The summed E-state index contributed by atoms with van der Waals surface area (Å²) in [6.45, 7) is 1.94. The van der Waals surface area contributed by atoms with E-state index >= 15 is 0 Å². The first-order valence-corrected chi connectivity index (χ1v) is 7.37. The van der Waals surface area contributed by atoms with Gasteiger partial charge in [-0.2, -0.15) is 4.31 Å². The van der Waals surface area contributed by atoms with Crippen molar-refractivity contribution in [1.29, 1.82) is 0 Å². The predicted octanol–water partition coefficient (Wildman–Crippen LogP) is 0.813. The van der Waals surface area contributed by atoms with Crippen molar-refractivity contribution in [3.8, 4) is 0 Å². The van der Waals surface area contributed by atoms with Crippen LogP contribution in [-0.2, 0) is 10.0 Å². The van der Waals surface area contributed by atoms with Crippen LogP contribution < -0.4 is 5.32 Å². The zero-order valence-corrected chi connectivity index (χ0v) is 10.4. The molecule has 4 nitrogen and oxygen atoms in total. The van der Waals surface area contributed by atoms with Crippen molar-refractivity contribution in [2.75, 3.05) is 19.6 Å². The lowest BCUT2D eigenvalue weighted by Crippen LogP contribution is -2.54. The SMILES string of the molecule is O=S(=O)(c1ccccc1)N1CCNC2(CC2)C1. The molecule has 1 aliphatic carbocycles. The first kappa shape index (κ1) is 11.2. The van der Waals surface area contributed by atoms with Gasteiger partial charge in [0.1, 0.15) is 0 Å². The molecule has 5 heteroatoms. The second-order valence-corrected chi connectivity index (χ2v) is 6.80. The Morgan fingerprint density at radius 1 is 1.18 bits per heavy atom. The van der Waals surface area contributed by atoms with Crippen molar-refractivity contribution >= 4 is 10.0 Å². The quantitative estimate of drug-likeness (QED) is 0.847. The summed E-state index contributed by atoms with van der Waals surface area (Å²) in [6.07, 6.45) is 2.18. The highest BCUT2D eigenvalue weighted by Crippen LogP contribution is 2.38. The van der Waals surface area contributed by atoms with E-state index < -0.39 is 10.0 Å². The van der Waals surface area contributed by atoms with Gasteiger partial charge in [-0.1, -0.05) is 18.2 Å². The second kappa shape index (κ2) is 3.80. The minimum atomic E-state index is -3.30. The lowest BCUT2D eigenvalue weighted by molar-refractivity contribution is 0.285. The first-order valence-electron chi connectivity index (χ1n) is 5.93. The molecule has 0 aromatic heterocycles. The number of hydrogen-bond donors (Lipinski definition) is 1. The zero-order chi connectivity index (χ0) is 11.9. The summed E-state index contributed by atoms with van der Waals surface area (Å²) >= 11 is 0. The molecule has 1 heterocycles.